The van der Waals surface area contributed by atoms with E-state index in [1.54, 1.807) is 0 Å². The van der Waals surface area contributed by atoms with Crippen molar-refractivity contribution in [3.63, 3.8) is 0 Å². The van der Waals surface area contributed by atoms with Crippen LogP contribution in [-0.2, 0) is 10.2 Å². The average molecular weight is 274 g/mol. The molecule has 110 valence electrons. The molecular weight excluding hydrogens is 248 g/mol. The molecule has 1 rings (SSSR count). The molecular formula is C18H26O2. The second kappa shape index (κ2) is 6.25. The highest BCUT2D eigenvalue weighted by Gasteiger charge is 2.24. The Hall–Kier alpha value is -1.57. The number of esters is 1. The molecule has 20 heavy (non-hydrogen) atoms. The maximum Gasteiger partial charge on any atom is 0.316 e. The van der Waals surface area contributed by atoms with E-state index < -0.39 is 5.41 Å². The second-order valence-electron chi connectivity index (χ2n) is 6.70. The predicted octanol–water partition coefficient (Wildman–Crippen LogP) is 4.88. The Morgan fingerprint density at radius 3 is 2.10 bits per heavy atom. The van der Waals surface area contributed by atoms with Gasteiger partial charge in [-0.25, -0.2) is 0 Å². The Bertz CT molecular complexity index is 473. The summed E-state index contributed by atoms with van der Waals surface area (Å²) in [5, 5.41) is 0. The Morgan fingerprint density at radius 1 is 1.10 bits per heavy atom. The Labute approximate surface area is 122 Å². The lowest BCUT2D eigenvalue weighted by Crippen LogP contribution is -2.25. The number of hydrogen-bond acceptors (Lipinski definition) is 2. The van der Waals surface area contributed by atoms with Gasteiger partial charge in [0.05, 0.1) is 5.41 Å². The summed E-state index contributed by atoms with van der Waals surface area (Å²) in [6, 6.07) is 7.76. The van der Waals surface area contributed by atoms with Crippen LogP contribution in [0.1, 0.15) is 53.5 Å². The summed E-state index contributed by atoms with van der Waals surface area (Å²) in [7, 11) is 0. The fourth-order valence-electron chi connectivity index (χ4n) is 1.72. The Balaban J connectivity index is 2.84. The van der Waals surface area contributed by atoms with Gasteiger partial charge < -0.3 is 4.74 Å². The zero-order valence-corrected chi connectivity index (χ0v) is 13.5. The highest BCUT2D eigenvalue weighted by Crippen LogP contribution is 2.27. The minimum absolute atomic E-state index is 0.0113. The summed E-state index contributed by atoms with van der Waals surface area (Å²) < 4.78 is 5.37. The van der Waals surface area contributed by atoms with Crippen molar-refractivity contribution < 1.29 is 9.53 Å². The molecule has 0 saturated heterocycles. The SMILES string of the molecule is CC/C=C/C(C)(C)c1ccc(OC(=O)C(C)(C)C)cc1. The van der Waals surface area contributed by atoms with Crippen LogP contribution in [0.3, 0.4) is 0 Å². The minimum atomic E-state index is -0.484. The monoisotopic (exact) mass is 274 g/mol. The van der Waals surface area contributed by atoms with Crippen LogP contribution in [0.5, 0.6) is 5.75 Å². The molecule has 0 aromatic heterocycles. The average Bonchev–Trinajstić information content (AvgIpc) is 2.36. The van der Waals surface area contributed by atoms with Crippen molar-refractivity contribution in [2.75, 3.05) is 0 Å². The molecule has 0 aliphatic heterocycles. The molecule has 0 heterocycles. The van der Waals surface area contributed by atoms with Crippen LogP contribution < -0.4 is 4.74 Å². The second-order valence-corrected chi connectivity index (χ2v) is 6.70. The molecule has 2 nitrogen and oxygen atoms in total. The lowest BCUT2D eigenvalue weighted by Gasteiger charge is -2.22. The first-order valence-corrected chi connectivity index (χ1v) is 7.17. The number of ether oxygens (including phenoxy) is 1. The van der Waals surface area contributed by atoms with Gasteiger partial charge in [0.1, 0.15) is 5.75 Å². The third kappa shape index (κ3) is 4.52. The Kier molecular flexibility index (Phi) is 5.15. The van der Waals surface area contributed by atoms with Gasteiger partial charge in [-0.05, 0) is 44.9 Å². The van der Waals surface area contributed by atoms with Crippen LogP contribution in [0.25, 0.3) is 0 Å². The molecule has 0 spiro atoms. The van der Waals surface area contributed by atoms with Crippen LogP contribution in [0, 0.1) is 5.41 Å². The van der Waals surface area contributed by atoms with Gasteiger partial charge in [-0.1, -0.05) is 45.1 Å². The summed E-state index contributed by atoms with van der Waals surface area (Å²) in [5.41, 5.74) is 0.711. The van der Waals surface area contributed by atoms with Crippen LogP contribution in [0.4, 0.5) is 0 Å². The number of carbonyl (C=O) groups is 1. The van der Waals surface area contributed by atoms with Crippen molar-refractivity contribution in [2.24, 2.45) is 5.41 Å². The lowest BCUT2D eigenvalue weighted by molar-refractivity contribution is -0.142. The minimum Gasteiger partial charge on any atom is -0.426 e. The maximum absolute atomic E-state index is 11.8. The normalized spacial score (nSPS) is 12.7. The first-order valence-electron chi connectivity index (χ1n) is 7.17. The van der Waals surface area contributed by atoms with Crippen LogP contribution in [0.2, 0.25) is 0 Å². The number of carbonyl (C=O) groups excluding carboxylic acids is 1. The molecule has 0 N–H and O–H groups in total. The number of allylic oxidation sites excluding steroid dienone is 2. The lowest BCUT2D eigenvalue weighted by atomic mass is 9.84. The highest BCUT2D eigenvalue weighted by molar-refractivity contribution is 5.77. The van der Waals surface area contributed by atoms with E-state index in [2.05, 4.69) is 32.9 Å². The molecule has 0 saturated carbocycles. The largest absolute Gasteiger partial charge is 0.426 e. The van der Waals surface area contributed by atoms with E-state index >= 15 is 0 Å². The predicted molar refractivity (Wildman–Crippen MR) is 84.0 cm³/mol. The van der Waals surface area contributed by atoms with E-state index in [1.807, 2.05) is 45.0 Å². The molecule has 0 fully saturated rings. The van der Waals surface area contributed by atoms with Crippen molar-refractivity contribution in [1.29, 1.82) is 0 Å². The highest BCUT2D eigenvalue weighted by atomic mass is 16.5. The van der Waals surface area contributed by atoms with E-state index in [-0.39, 0.29) is 11.4 Å². The quantitative estimate of drug-likeness (QED) is 0.444. The molecule has 0 unspecified atom stereocenters. The van der Waals surface area contributed by atoms with E-state index in [9.17, 15) is 4.79 Å². The third-order valence-electron chi connectivity index (χ3n) is 3.19. The summed E-state index contributed by atoms with van der Waals surface area (Å²) in [6.45, 7) is 12.0. The van der Waals surface area contributed by atoms with Crippen molar-refractivity contribution in [3.05, 3.63) is 42.0 Å². The van der Waals surface area contributed by atoms with Crippen molar-refractivity contribution in [1.82, 2.24) is 0 Å². The van der Waals surface area contributed by atoms with Gasteiger partial charge >= 0.3 is 5.97 Å². The molecule has 0 aliphatic carbocycles. The van der Waals surface area contributed by atoms with Gasteiger partial charge in [0.25, 0.3) is 0 Å². The summed E-state index contributed by atoms with van der Waals surface area (Å²) in [4.78, 5) is 11.8. The van der Waals surface area contributed by atoms with Crippen LogP contribution in [-0.4, -0.2) is 5.97 Å². The summed E-state index contributed by atoms with van der Waals surface area (Å²) in [6.07, 6.45) is 5.42. The zero-order chi connectivity index (χ0) is 15.4. The van der Waals surface area contributed by atoms with Crippen LogP contribution >= 0.6 is 0 Å². The topological polar surface area (TPSA) is 26.3 Å². The summed E-state index contributed by atoms with van der Waals surface area (Å²) in [5.74, 6) is 0.388. The maximum atomic E-state index is 11.8. The Morgan fingerprint density at radius 2 is 1.65 bits per heavy atom. The van der Waals surface area contributed by atoms with Gasteiger partial charge in [0, 0.05) is 5.41 Å². The van der Waals surface area contributed by atoms with Gasteiger partial charge in [0.15, 0.2) is 0 Å². The van der Waals surface area contributed by atoms with Gasteiger partial charge in [0.2, 0.25) is 0 Å². The zero-order valence-electron chi connectivity index (χ0n) is 13.5. The molecule has 1 aromatic carbocycles. The molecule has 0 amide bonds. The first-order chi connectivity index (χ1) is 9.16. The van der Waals surface area contributed by atoms with E-state index in [0.29, 0.717) is 5.75 Å². The fourth-order valence-corrected chi connectivity index (χ4v) is 1.72. The fraction of sp³-hybridized carbons (Fsp3) is 0.500. The molecule has 0 atom stereocenters. The molecule has 0 radical (unpaired) electrons. The van der Waals surface area contributed by atoms with Crippen molar-refractivity contribution in [3.8, 4) is 5.75 Å². The molecule has 1 aromatic rings. The molecule has 0 aliphatic rings. The van der Waals surface area contributed by atoms with Crippen molar-refractivity contribution >= 4 is 5.97 Å². The first kappa shape index (κ1) is 16.5. The van der Waals surface area contributed by atoms with E-state index in [1.165, 1.54) is 5.56 Å². The third-order valence-corrected chi connectivity index (χ3v) is 3.19. The van der Waals surface area contributed by atoms with Gasteiger partial charge in [-0.3, -0.25) is 4.79 Å². The van der Waals surface area contributed by atoms with Gasteiger partial charge in [-0.2, -0.15) is 0 Å². The van der Waals surface area contributed by atoms with Gasteiger partial charge in [-0.15, -0.1) is 0 Å². The summed E-state index contributed by atoms with van der Waals surface area (Å²) >= 11 is 0. The number of hydrogen-bond donors (Lipinski definition) is 0. The smallest absolute Gasteiger partial charge is 0.316 e. The standard InChI is InChI=1S/C18H26O2/c1-7-8-13-18(5,6)14-9-11-15(12-10-14)20-16(19)17(2,3)4/h8-13H,7H2,1-6H3/b13-8+. The number of rotatable bonds is 4. The van der Waals surface area contributed by atoms with E-state index in [4.69, 9.17) is 4.74 Å². The van der Waals surface area contributed by atoms with E-state index in [0.717, 1.165) is 6.42 Å². The van der Waals surface area contributed by atoms with Crippen molar-refractivity contribution in [2.45, 2.75) is 53.4 Å². The molecule has 0 bridgehead atoms. The number of benzene rings is 1. The van der Waals surface area contributed by atoms with Crippen LogP contribution in [0.15, 0.2) is 36.4 Å². The molecule has 2 heteroatoms.